The highest BCUT2D eigenvalue weighted by molar-refractivity contribution is 7.84. The molecule has 0 radical (unpaired) electrons. The van der Waals surface area contributed by atoms with Gasteiger partial charge in [-0.25, -0.2) is 4.79 Å². The summed E-state index contributed by atoms with van der Waals surface area (Å²) in [6, 6.07) is 13.8. The molecule has 5 nitrogen and oxygen atoms in total. The van der Waals surface area contributed by atoms with Crippen molar-refractivity contribution >= 4 is 16.8 Å². The third-order valence-corrected chi connectivity index (χ3v) is 4.52. The van der Waals surface area contributed by atoms with Crippen molar-refractivity contribution in [3.05, 3.63) is 59.7 Å². The number of hydrogen-bond donors (Lipinski definition) is 1. The molecule has 1 N–H and O–H groups in total. The summed E-state index contributed by atoms with van der Waals surface area (Å²) in [5.74, 6) is 1.11. The van der Waals surface area contributed by atoms with Crippen molar-refractivity contribution in [2.24, 2.45) is 0 Å². The quantitative estimate of drug-likeness (QED) is 0.754. The molecule has 0 aliphatic rings. The molecule has 128 valence electrons. The third-order valence-electron chi connectivity index (χ3n) is 3.25. The summed E-state index contributed by atoms with van der Waals surface area (Å²) in [5.41, 5.74) is 1.06. The number of para-hydroxylation sites is 2. The van der Waals surface area contributed by atoms with Gasteiger partial charge < -0.3 is 14.6 Å². The molecule has 2 aromatic carbocycles. The van der Waals surface area contributed by atoms with E-state index in [4.69, 9.17) is 14.6 Å². The van der Waals surface area contributed by atoms with E-state index in [1.807, 2.05) is 31.2 Å². The zero-order valence-electron chi connectivity index (χ0n) is 13.4. The minimum Gasteiger partial charge on any atom is -0.490 e. The first-order valence-corrected chi connectivity index (χ1v) is 9.10. The van der Waals surface area contributed by atoms with Crippen molar-refractivity contribution in [3.63, 3.8) is 0 Å². The first-order chi connectivity index (χ1) is 11.6. The molecule has 0 heterocycles. The first kappa shape index (κ1) is 18.0. The fourth-order valence-corrected chi connectivity index (χ4v) is 3.07. The van der Waals surface area contributed by atoms with Crippen LogP contribution in [0.15, 0.2) is 48.5 Å². The molecule has 0 amide bonds. The van der Waals surface area contributed by atoms with Gasteiger partial charge in [-0.05, 0) is 36.8 Å². The van der Waals surface area contributed by atoms with E-state index >= 15 is 0 Å². The van der Waals surface area contributed by atoms with Crippen LogP contribution in [-0.4, -0.2) is 34.3 Å². The van der Waals surface area contributed by atoms with Crippen molar-refractivity contribution in [1.29, 1.82) is 0 Å². The largest absolute Gasteiger partial charge is 0.490 e. The van der Waals surface area contributed by atoms with Gasteiger partial charge in [0.2, 0.25) is 0 Å². The number of ether oxygens (including phenoxy) is 2. The molecule has 2 rings (SSSR count). The van der Waals surface area contributed by atoms with Gasteiger partial charge >= 0.3 is 5.97 Å². The second kappa shape index (κ2) is 9.08. The van der Waals surface area contributed by atoms with Crippen LogP contribution in [0.1, 0.15) is 22.8 Å². The van der Waals surface area contributed by atoms with E-state index in [0.29, 0.717) is 36.2 Å². The summed E-state index contributed by atoms with van der Waals surface area (Å²) in [6.07, 6.45) is 0. The predicted molar refractivity (Wildman–Crippen MR) is 93.2 cm³/mol. The molecule has 1 unspecified atom stereocenters. The van der Waals surface area contributed by atoms with Gasteiger partial charge in [0, 0.05) is 16.6 Å². The summed E-state index contributed by atoms with van der Waals surface area (Å²) in [4.78, 5) is 10.8. The van der Waals surface area contributed by atoms with Crippen LogP contribution in [0.4, 0.5) is 0 Å². The Morgan fingerprint density at radius 3 is 2.25 bits per heavy atom. The summed E-state index contributed by atoms with van der Waals surface area (Å²) in [5, 5.41) is 8.86. The van der Waals surface area contributed by atoms with Crippen LogP contribution in [0.2, 0.25) is 0 Å². The van der Waals surface area contributed by atoms with Crippen molar-refractivity contribution in [2.75, 3.05) is 19.0 Å². The van der Waals surface area contributed by atoms with Gasteiger partial charge in [0.15, 0.2) is 11.5 Å². The molecule has 0 aliphatic carbocycles. The minimum absolute atomic E-state index is 0.223. The molecule has 0 fully saturated rings. The van der Waals surface area contributed by atoms with Gasteiger partial charge in [-0.1, -0.05) is 24.3 Å². The highest BCUT2D eigenvalue weighted by Crippen LogP contribution is 2.26. The van der Waals surface area contributed by atoms with Crippen LogP contribution in [-0.2, 0) is 16.6 Å². The lowest BCUT2D eigenvalue weighted by atomic mass is 10.1. The number of hydrogen-bond acceptors (Lipinski definition) is 4. The third kappa shape index (κ3) is 5.38. The number of rotatable bonds is 9. The lowest BCUT2D eigenvalue weighted by Gasteiger charge is -2.11. The standard InChI is InChI=1S/C18H20O5S/c1-2-22-16-5-3-4-6-17(16)23-11-12-24(21)13-14-7-9-15(10-8-14)18(19)20/h3-10H,2,11-13H2,1H3,(H,19,20). The average molecular weight is 348 g/mol. The van der Waals surface area contributed by atoms with Gasteiger partial charge in [0.05, 0.1) is 24.5 Å². The molecule has 0 bridgehead atoms. The molecule has 0 saturated carbocycles. The van der Waals surface area contributed by atoms with Crippen molar-refractivity contribution < 1.29 is 23.6 Å². The van der Waals surface area contributed by atoms with Crippen LogP contribution >= 0.6 is 0 Å². The van der Waals surface area contributed by atoms with Crippen molar-refractivity contribution in [2.45, 2.75) is 12.7 Å². The molecule has 2 aromatic rings. The van der Waals surface area contributed by atoms with Gasteiger partial charge in [-0.15, -0.1) is 0 Å². The van der Waals surface area contributed by atoms with E-state index in [1.165, 1.54) is 12.1 Å². The lowest BCUT2D eigenvalue weighted by Crippen LogP contribution is -2.11. The zero-order chi connectivity index (χ0) is 17.4. The van der Waals surface area contributed by atoms with E-state index in [2.05, 4.69) is 0 Å². The Hall–Kier alpha value is -2.34. The lowest BCUT2D eigenvalue weighted by molar-refractivity contribution is 0.0697. The van der Waals surface area contributed by atoms with Crippen molar-refractivity contribution in [3.8, 4) is 11.5 Å². The highest BCUT2D eigenvalue weighted by atomic mass is 32.2. The molecule has 0 aliphatic heterocycles. The first-order valence-electron chi connectivity index (χ1n) is 7.62. The second-order valence-corrected chi connectivity index (χ2v) is 6.60. The fourth-order valence-electron chi connectivity index (χ4n) is 2.09. The summed E-state index contributed by atoms with van der Waals surface area (Å²) in [6.45, 7) is 2.78. The molecule has 24 heavy (non-hydrogen) atoms. The molecule has 0 saturated heterocycles. The number of aromatic carboxylic acids is 1. The highest BCUT2D eigenvalue weighted by Gasteiger charge is 2.07. The summed E-state index contributed by atoms with van der Waals surface area (Å²) in [7, 11) is -1.09. The van der Waals surface area contributed by atoms with E-state index in [0.717, 1.165) is 5.56 Å². The monoisotopic (exact) mass is 348 g/mol. The van der Waals surface area contributed by atoms with Gasteiger partial charge in [0.1, 0.15) is 0 Å². The molecule has 0 spiro atoms. The van der Waals surface area contributed by atoms with E-state index in [-0.39, 0.29) is 5.56 Å². The maximum Gasteiger partial charge on any atom is 0.335 e. The SMILES string of the molecule is CCOc1ccccc1OCCS(=O)Cc1ccc(C(=O)O)cc1. The number of carbonyl (C=O) groups is 1. The zero-order valence-corrected chi connectivity index (χ0v) is 14.3. The maximum atomic E-state index is 12.1. The Balaban J connectivity index is 1.82. The Labute approximate surface area is 143 Å². The second-order valence-electron chi connectivity index (χ2n) is 5.02. The average Bonchev–Trinajstić information content (AvgIpc) is 2.57. The topological polar surface area (TPSA) is 72.8 Å². The molecule has 6 heteroatoms. The van der Waals surface area contributed by atoms with Crippen LogP contribution in [0.3, 0.4) is 0 Å². The summed E-state index contributed by atoms with van der Waals surface area (Å²) >= 11 is 0. The number of carboxylic acid groups (broad SMARTS) is 1. The smallest absolute Gasteiger partial charge is 0.335 e. The van der Waals surface area contributed by atoms with Crippen LogP contribution < -0.4 is 9.47 Å². The summed E-state index contributed by atoms with van der Waals surface area (Å²) < 4.78 is 23.2. The van der Waals surface area contributed by atoms with Crippen molar-refractivity contribution in [1.82, 2.24) is 0 Å². The molecular formula is C18H20O5S. The molecule has 0 aromatic heterocycles. The normalized spacial score (nSPS) is 11.7. The number of benzene rings is 2. The van der Waals surface area contributed by atoms with E-state index < -0.39 is 16.8 Å². The fraction of sp³-hybridized carbons (Fsp3) is 0.278. The maximum absolute atomic E-state index is 12.1. The Morgan fingerprint density at radius 2 is 1.67 bits per heavy atom. The minimum atomic E-state index is -1.09. The Kier molecular flexibility index (Phi) is 6.81. The van der Waals surface area contributed by atoms with Gasteiger partial charge in [-0.2, -0.15) is 0 Å². The Bertz CT molecular complexity index is 697. The molecule has 1 atom stereocenters. The van der Waals surface area contributed by atoms with Crippen LogP contribution in [0, 0.1) is 0 Å². The van der Waals surface area contributed by atoms with Crippen LogP contribution in [0.5, 0.6) is 11.5 Å². The van der Waals surface area contributed by atoms with Gasteiger partial charge in [0.25, 0.3) is 0 Å². The number of carboxylic acids is 1. The van der Waals surface area contributed by atoms with Crippen LogP contribution in [0.25, 0.3) is 0 Å². The predicted octanol–water partition coefficient (Wildman–Crippen LogP) is 3.11. The van der Waals surface area contributed by atoms with E-state index in [1.54, 1.807) is 12.1 Å². The van der Waals surface area contributed by atoms with Gasteiger partial charge in [-0.3, -0.25) is 4.21 Å². The Morgan fingerprint density at radius 1 is 1.04 bits per heavy atom. The van der Waals surface area contributed by atoms with E-state index in [9.17, 15) is 9.00 Å². The molecular weight excluding hydrogens is 328 g/mol.